The topological polar surface area (TPSA) is 71.9 Å². The van der Waals surface area contributed by atoms with Crippen molar-refractivity contribution in [3.8, 4) is 5.75 Å². The first-order chi connectivity index (χ1) is 19.2. The van der Waals surface area contributed by atoms with Gasteiger partial charge < -0.3 is 14.2 Å². The molecule has 0 radical (unpaired) electrons. The van der Waals surface area contributed by atoms with Crippen LogP contribution in [0.3, 0.4) is 0 Å². The Bertz CT molecular complexity index is 1370. The van der Waals surface area contributed by atoms with Gasteiger partial charge in [-0.05, 0) is 74.2 Å². The smallest absolute Gasteiger partial charge is 0.243 e. The zero-order chi connectivity index (χ0) is 28.7. The molecule has 4 rings (SSSR count). The molecule has 216 valence electrons. The van der Waals surface area contributed by atoms with Gasteiger partial charge in [0.25, 0.3) is 0 Å². The summed E-state index contributed by atoms with van der Waals surface area (Å²) in [6.07, 6.45) is 7.72. The van der Waals surface area contributed by atoms with Crippen LogP contribution in [-0.4, -0.2) is 53.8 Å². The summed E-state index contributed by atoms with van der Waals surface area (Å²) in [5.41, 5.74) is 2.00. The lowest BCUT2D eigenvalue weighted by atomic mass is 9.94. The number of benzene rings is 2. The van der Waals surface area contributed by atoms with Crippen LogP contribution in [0.5, 0.6) is 5.75 Å². The summed E-state index contributed by atoms with van der Waals surface area (Å²) in [6.45, 7) is 4.60. The number of ether oxygens (including phenoxy) is 1. The number of methoxy groups -OCH3 is 1. The van der Waals surface area contributed by atoms with Crippen molar-refractivity contribution in [3.63, 3.8) is 0 Å². The Balaban J connectivity index is 1.61. The van der Waals surface area contributed by atoms with Gasteiger partial charge >= 0.3 is 0 Å². The van der Waals surface area contributed by atoms with E-state index in [0.29, 0.717) is 30.3 Å². The van der Waals surface area contributed by atoms with Gasteiger partial charge in [0.15, 0.2) is 0 Å². The third-order valence-electron chi connectivity index (χ3n) is 7.93. The molecule has 0 N–H and O–H groups in total. The maximum atomic E-state index is 14.1. The van der Waals surface area contributed by atoms with E-state index in [1.165, 1.54) is 16.4 Å². The van der Waals surface area contributed by atoms with E-state index in [2.05, 4.69) is 4.57 Å². The van der Waals surface area contributed by atoms with Crippen molar-refractivity contribution in [2.45, 2.75) is 82.4 Å². The number of hydrogen-bond donors (Lipinski definition) is 0. The van der Waals surface area contributed by atoms with Gasteiger partial charge in [-0.25, -0.2) is 8.42 Å². The van der Waals surface area contributed by atoms with Crippen LogP contribution in [-0.2, 0) is 27.9 Å². The zero-order valence-electron chi connectivity index (χ0n) is 23.6. The summed E-state index contributed by atoms with van der Waals surface area (Å²) in [5, 5.41) is 0.704. The van der Waals surface area contributed by atoms with E-state index < -0.39 is 10.0 Å². The maximum Gasteiger partial charge on any atom is 0.243 e. The molecule has 1 aliphatic rings. The third kappa shape index (κ3) is 7.09. The normalized spacial score (nSPS) is 15.2. The van der Waals surface area contributed by atoms with Gasteiger partial charge in [0, 0.05) is 35.5 Å². The van der Waals surface area contributed by atoms with Crippen LogP contribution in [0.4, 0.5) is 0 Å². The predicted octanol–water partition coefficient (Wildman–Crippen LogP) is 6.35. The molecule has 0 aliphatic heterocycles. The van der Waals surface area contributed by atoms with Crippen molar-refractivity contribution in [1.29, 1.82) is 0 Å². The first kappa shape index (κ1) is 30.2. The molecule has 1 fully saturated rings. The number of amides is 1. The summed E-state index contributed by atoms with van der Waals surface area (Å²) < 4.78 is 36.2. The van der Waals surface area contributed by atoms with E-state index in [1.54, 1.807) is 19.2 Å². The molecule has 1 unspecified atom stereocenters. The van der Waals surface area contributed by atoms with Crippen molar-refractivity contribution < 1.29 is 17.9 Å². The monoisotopic (exact) mass is 585 g/mol. The molecule has 9 heteroatoms. The minimum absolute atomic E-state index is 0.0763. The van der Waals surface area contributed by atoms with Crippen molar-refractivity contribution in [3.05, 3.63) is 83.1 Å². The number of sulfonamides is 1. The van der Waals surface area contributed by atoms with E-state index in [-0.39, 0.29) is 29.4 Å². The maximum absolute atomic E-state index is 14.1. The fourth-order valence-corrected chi connectivity index (χ4v) is 7.18. The Kier molecular flexibility index (Phi) is 10.3. The van der Waals surface area contributed by atoms with Gasteiger partial charge in [-0.1, -0.05) is 56.0 Å². The Morgan fingerprint density at radius 3 is 2.40 bits per heavy atom. The fourth-order valence-electron chi connectivity index (χ4n) is 5.33. The van der Waals surface area contributed by atoms with Crippen LogP contribution < -0.4 is 4.74 Å². The highest BCUT2D eigenvalue weighted by Gasteiger charge is 2.34. The lowest BCUT2D eigenvalue weighted by molar-refractivity contribution is -0.135. The number of rotatable bonds is 12. The Morgan fingerprint density at radius 2 is 1.75 bits per heavy atom. The molecule has 1 saturated carbocycles. The highest BCUT2D eigenvalue weighted by molar-refractivity contribution is 7.89. The van der Waals surface area contributed by atoms with E-state index >= 15 is 0 Å². The van der Waals surface area contributed by atoms with Gasteiger partial charge in [0.1, 0.15) is 5.75 Å². The van der Waals surface area contributed by atoms with Crippen LogP contribution in [0.25, 0.3) is 0 Å². The van der Waals surface area contributed by atoms with Gasteiger partial charge in [-0.15, -0.1) is 0 Å². The molecule has 3 aromatic rings. The molecule has 2 aromatic carbocycles. The highest BCUT2D eigenvalue weighted by atomic mass is 35.5. The molecular weight excluding hydrogens is 546 g/mol. The van der Waals surface area contributed by atoms with Gasteiger partial charge in [0.05, 0.1) is 25.1 Å². The Labute approximate surface area is 243 Å². The van der Waals surface area contributed by atoms with Gasteiger partial charge in [-0.2, -0.15) is 4.31 Å². The average Bonchev–Trinajstić information content (AvgIpc) is 3.42. The number of carbonyl (C=O) groups is 1. The van der Waals surface area contributed by atoms with Crippen LogP contribution in [0.1, 0.15) is 63.6 Å². The quantitative estimate of drug-likeness (QED) is 0.248. The van der Waals surface area contributed by atoms with Crippen LogP contribution in [0.2, 0.25) is 5.02 Å². The Hall–Kier alpha value is -2.81. The molecule has 1 atom stereocenters. The number of hydrogen-bond acceptors (Lipinski definition) is 4. The molecule has 1 amide bonds. The molecule has 0 saturated heterocycles. The second-order valence-corrected chi connectivity index (χ2v) is 12.8. The second-order valence-electron chi connectivity index (χ2n) is 10.5. The SMILES string of the molecule is CCC(C)N(CC(=O)N(Cc1cccn1Cc1ccccc1Cl)C1CCCCC1)S(=O)(=O)c1ccc(OC)cc1. The summed E-state index contributed by atoms with van der Waals surface area (Å²) in [6, 6.07) is 17.8. The summed E-state index contributed by atoms with van der Waals surface area (Å²) in [5.74, 6) is 0.406. The standard InChI is InChI=1S/C31H40ClN3O4S/c1-4-24(2)35(40(37,38)29-18-16-28(39-3)17-19-29)23-31(36)34(26-12-6-5-7-13-26)22-27-14-10-20-33(27)21-25-11-8-9-15-30(25)32/h8-11,14-20,24,26H,4-7,12-13,21-23H2,1-3H3. The van der Waals surface area contributed by atoms with Crippen molar-refractivity contribution in [2.24, 2.45) is 0 Å². The van der Waals surface area contributed by atoms with E-state index in [1.807, 2.05) is 61.3 Å². The molecule has 1 aromatic heterocycles. The van der Waals surface area contributed by atoms with E-state index in [4.69, 9.17) is 16.3 Å². The molecular formula is C31H40ClN3O4S. The van der Waals surface area contributed by atoms with Gasteiger partial charge in [-0.3, -0.25) is 4.79 Å². The van der Waals surface area contributed by atoms with Crippen LogP contribution >= 0.6 is 11.6 Å². The molecule has 7 nitrogen and oxygen atoms in total. The first-order valence-electron chi connectivity index (χ1n) is 14.1. The number of halogens is 1. The molecule has 1 aliphatic carbocycles. The first-order valence-corrected chi connectivity index (χ1v) is 15.9. The number of nitrogens with zero attached hydrogens (tertiary/aromatic N) is 3. The highest BCUT2D eigenvalue weighted by Crippen LogP contribution is 2.27. The van der Waals surface area contributed by atoms with Crippen LogP contribution in [0.15, 0.2) is 71.8 Å². The largest absolute Gasteiger partial charge is 0.497 e. The zero-order valence-corrected chi connectivity index (χ0v) is 25.2. The number of carbonyl (C=O) groups excluding carboxylic acids is 1. The van der Waals surface area contributed by atoms with Crippen LogP contribution in [0, 0.1) is 0 Å². The average molecular weight is 586 g/mol. The minimum atomic E-state index is -3.90. The molecule has 0 bridgehead atoms. The lowest BCUT2D eigenvalue weighted by Gasteiger charge is -2.37. The van der Waals surface area contributed by atoms with Crippen molar-refractivity contribution >= 4 is 27.5 Å². The number of aromatic nitrogens is 1. The molecule has 0 spiro atoms. The Morgan fingerprint density at radius 1 is 1.05 bits per heavy atom. The second kappa shape index (κ2) is 13.7. The van der Waals surface area contributed by atoms with E-state index in [0.717, 1.165) is 43.4 Å². The van der Waals surface area contributed by atoms with Crippen molar-refractivity contribution in [2.75, 3.05) is 13.7 Å². The predicted molar refractivity (Wildman–Crippen MR) is 159 cm³/mol. The molecule has 1 heterocycles. The summed E-state index contributed by atoms with van der Waals surface area (Å²) >= 11 is 6.43. The third-order valence-corrected chi connectivity index (χ3v) is 10.3. The van der Waals surface area contributed by atoms with Gasteiger partial charge in [0.2, 0.25) is 15.9 Å². The lowest BCUT2D eigenvalue weighted by Crippen LogP contribution is -2.49. The summed E-state index contributed by atoms with van der Waals surface area (Å²) in [4.78, 5) is 16.1. The summed E-state index contributed by atoms with van der Waals surface area (Å²) in [7, 11) is -2.36. The molecule has 40 heavy (non-hydrogen) atoms. The fraction of sp³-hybridized carbons (Fsp3) is 0.452. The minimum Gasteiger partial charge on any atom is -0.497 e. The van der Waals surface area contributed by atoms with E-state index in [9.17, 15) is 13.2 Å². The van der Waals surface area contributed by atoms with Crippen molar-refractivity contribution in [1.82, 2.24) is 13.8 Å².